The Morgan fingerprint density at radius 2 is 1.23 bits per heavy atom. The highest BCUT2D eigenvalue weighted by Gasteiger charge is 2.14. The molecule has 0 aliphatic heterocycles. The Balaban J connectivity index is 3.49. The summed E-state index contributed by atoms with van der Waals surface area (Å²) in [4.78, 5) is 0. The second-order valence-corrected chi connectivity index (χ2v) is 7.69. The number of allylic oxidation sites excluding steroid dienone is 1. The minimum absolute atomic E-state index is 0.0178. The molecule has 3 N–H and O–H groups in total. The fourth-order valence-electron chi connectivity index (χ4n) is 3.25. The molecule has 26 heavy (non-hydrogen) atoms. The topological polar surface area (TPSA) is 52.5 Å². The predicted molar refractivity (Wildman–Crippen MR) is 115 cm³/mol. The first-order valence-electron chi connectivity index (χ1n) is 11.4. The van der Waals surface area contributed by atoms with Gasteiger partial charge in [0.1, 0.15) is 0 Å². The molecule has 156 valence electrons. The summed E-state index contributed by atoms with van der Waals surface area (Å²) in [5.41, 5.74) is 0. The highest BCUT2D eigenvalue weighted by molar-refractivity contribution is 4.94. The van der Waals surface area contributed by atoms with Crippen molar-refractivity contribution in [2.75, 3.05) is 13.2 Å². The van der Waals surface area contributed by atoms with Crippen LogP contribution in [0.25, 0.3) is 0 Å². The van der Waals surface area contributed by atoms with Crippen molar-refractivity contribution >= 4 is 0 Å². The first-order valence-corrected chi connectivity index (χ1v) is 11.4. The molecule has 0 aromatic heterocycles. The smallest absolute Gasteiger partial charge is 0.0896 e. The van der Waals surface area contributed by atoms with Gasteiger partial charge in [-0.15, -0.1) is 0 Å². The molecule has 0 radical (unpaired) electrons. The quantitative estimate of drug-likeness (QED) is 0.189. The van der Waals surface area contributed by atoms with Gasteiger partial charge in [0.05, 0.1) is 18.8 Å². The summed E-state index contributed by atoms with van der Waals surface area (Å²) in [6.45, 7) is 5.29. The molecule has 3 heteroatoms. The minimum atomic E-state index is -0.589. The van der Waals surface area contributed by atoms with E-state index < -0.39 is 6.10 Å². The lowest BCUT2D eigenvalue weighted by molar-refractivity contribution is 0.123. The molecule has 3 nitrogen and oxygen atoms in total. The van der Waals surface area contributed by atoms with Crippen molar-refractivity contribution in [3.05, 3.63) is 12.2 Å². The number of aliphatic hydroxyl groups is 2. The van der Waals surface area contributed by atoms with E-state index in [9.17, 15) is 10.2 Å². The molecule has 0 aliphatic carbocycles. The van der Waals surface area contributed by atoms with Gasteiger partial charge >= 0.3 is 0 Å². The first-order chi connectivity index (χ1) is 12.8. The SMILES string of the molecule is CCCCCCCCCCCCC/C=C/[C@@H](O)[C@H](CO)NCCCCC. The van der Waals surface area contributed by atoms with Gasteiger partial charge in [0.25, 0.3) is 0 Å². The van der Waals surface area contributed by atoms with Crippen molar-refractivity contribution < 1.29 is 10.2 Å². The number of rotatable bonds is 20. The molecule has 0 saturated carbocycles. The fraction of sp³-hybridized carbons (Fsp3) is 0.913. The maximum absolute atomic E-state index is 10.1. The van der Waals surface area contributed by atoms with Crippen LogP contribution < -0.4 is 5.32 Å². The van der Waals surface area contributed by atoms with Gasteiger partial charge in [0.2, 0.25) is 0 Å². The maximum atomic E-state index is 10.1. The second-order valence-electron chi connectivity index (χ2n) is 7.69. The van der Waals surface area contributed by atoms with Crippen LogP contribution in [0, 0.1) is 0 Å². The van der Waals surface area contributed by atoms with Gasteiger partial charge in [-0.05, 0) is 25.8 Å². The van der Waals surface area contributed by atoms with Gasteiger partial charge in [-0.25, -0.2) is 0 Å². The zero-order chi connectivity index (χ0) is 19.3. The summed E-state index contributed by atoms with van der Waals surface area (Å²) in [6.07, 6.45) is 22.8. The Morgan fingerprint density at radius 1 is 0.731 bits per heavy atom. The average molecular weight is 370 g/mol. The standard InChI is InChI=1S/C23H47NO2/c1-3-5-7-8-9-10-11-12-13-14-15-16-17-19-23(26)22(21-25)24-20-18-6-4-2/h17,19,22-26H,3-16,18,20-21H2,1-2H3/b19-17+/t22-,23+/m0/s1. The molecule has 0 unspecified atom stereocenters. The van der Waals surface area contributed by atoms with E-state index in [0.29, 0.717) is 0 Å². The monoisotopic (exact) mass is 369 g/mol. The lowest BCUT2D eigenvalue weighted by atomic mass is 10.0. The number of unbranched alkanes of at least 4 members (excludes halogenated alkanes) is 13. The summed E-state index contributed by atoms with van der Waals surface area (Å²) < 4.78 is 0. The molecular formula is C23H47NO2. The molecule has 0 amide bonds. The number of hydrogen-bond acceptors (Lipinski definition) is 3. The van der Waals surface area contributed by atoms with Gasteiger partial charge < -0.3 is 15.5 Å². The molecule has 0 saturated heterocycles. The molecule has 0 spiro atoms. The van der Waals surface area contributed by atoms with Gasteiger partial charge in [0.15, 0.2) is 0 Å². The third-order valence-corrected chi connectivity index (χ3v) is 5.10. The third kappa shape index (κ3) is 17.1. The largest absolute Gasteiger partial charge is 0.395 e. The van der Waals surface area contributed by atoms with Crippen LogP contribution in [0.5, 0.6) is 0 Å². The van der Waals surface area contributed by atoms with E-state index in [2.05, 4.69) is 25.2 Å². The van der Waals surface area contributed by atoms with Crippen LogP contribution >= 0.6 is 0 Å². The van der Waals surface area contributed by atoms with Crippen molar-refractivity contribution in [2.45, 2.75) is 122 Å². The molecule has 0 aromatic carbocycles. The Bertz CT molecular complexity index is 294. The van der Waals surface area contributed by atoms with Crippen LogP contribution in [0.4, 0.5) is 0 Å². The van der Waals surface area contributed by atoms with E-state index in [0.717, 1.165) is 19.4 Å². The van der Waals surface area contributed by atoms with Crippen molar-refractivity contribution in [3.8, 4) is 0 Å². The van der Waals surface area contributed by atoms with Gasteiger partial charge in [-0.1, -0.05) is 103 Å². The zero-order valence-corrected chi connectivity index (χ0v) is 17.7. The van der Waals surface area contributed by atoms with Crippen molar-refractivity contribution in [2.24, 2.45) is 0 Å². The number of aliphatic hydroxyl groups excluding tert-OH is 2. The maximum Gasteiger partial charge on any atom is 0.0896 e. The van der Waals surface area contributed by atoms with Crippen molar-refractivity contribution in [3.63, 3.8) is 0 Å². The Kier molecular flexibility index (Phi) is 20.6. The average Bonchev–Trinajstić information content (AvgIpc) is 2.65. The van der Waals surface area contributed by atoms with E-state index in [1.807, 2.05) is 6.08 Å². The fourth-order valence-corrected chi connectivity index (χ4v) is 3.25. The minimum Gasteiger partial charge on any atom is -0.395 e. The van der Waals surface area contributed by atoms with Gasteiger partial charge in [-0.3, -0.25) is 0 Å². The Labute approximate surface area is 163 Å². The van der Waals surface area contributed by atoms with Crippen LogP contribution in [-0.4, -0.2) is 35.5 Å². The van der Waals surface area contributed by atoms with E-state index in [4.69, 9.17) is 0 Å². The summed E-state index contributed by atoms with van der Waals surface area (Å²) in [7, 11) is 0. The molecule has 0 aromatic rings. The predicted octanol–water partition coefficient (Wildman–Crippen LogP) is 5.75. The molecule has 0 heterocycles. The van der Waals surface area contributed by atoms with Crippen LogP contribution in [0.2, 0.25) is 0 Å². The van der Waals surface area contributed by atoms with Crippen molar-refractivity contribution in [1.82, 2.24) is 5.32 Å². The van der Waals surface area contributed by atoms with Crippen molar-refractivity contribution in [1.29, 1.82) is 0 Å². The molecule has 0 aliphatic rings. The van der Waals surface area contributed by atoms with Gasteiger partial charge in [-0.2, -0.15) is 0 Å². The highest BCUT2D eigenvalue weighted by Crippen LogP contribution is 2.12. The second kappa shape index (κ2) is 20.9. The molecular weight excluding hydrogens is 322 g/mol. The van der Waals surface area contributed by atoms with E-state index >= 15 is 0 Å². The van der Waals surface area contributed by atoms with Crippen LogP contribution in [0.15, 0.2) is 12.2 Å². The lowest BCUT2D eigenvalue weighted by Gasteiger charge is -2.19. The lowest BCUT2D eigenvalue weighted by Crippen LogP contribution is -2.42. The highest BCUT2D eigenvalue weighted by atomic mass is 16.3. The molecule has 0 bridgehead atoms. The van der Waals surface area contributed by atoms with E-state index in [1.54, 1.807) is 0 Å². The number of nitrogens with one attached hydrogen (secondary N) is 1. The molecule has 0 rings (SSSR count). The summed E-state index contributed by atoms with van der Waals surface area (Å²) in [6, 6.07) is -0.236. The normalized spacial score (nSPS) is 14.2. The molecule has 2 atom stereocenters. The number of hydrogen-bond donors (Lipinski definition) is 3. The summed E-state index contributed by atoms with van der Waals surface area (Å²) >= 11 is 0. The third-order valence-electron chi connectivity index (χ3n) is 5.10. The summed E-state index contributed by atoms with van der Waals surface area (Å²) in [5.74, 6) is 0. The van der Waals surface area contributed by atoms with E-state index in [-0.39, 0.29) is 12.6 Å². The van der Waals surface area contributed by atoms with E-state index in [1.165, 1.54) is 83.5 Å². The molecule has 0 fully saturated rings. The summed E-state index contributed by atoms with van der Waals surface area (Å²) in [5, 5.41) is 22.8. The van der Waals surface area contributed by atoms with Gasteiger partial charge in [0, 0.05) is 0 Å². The first kappa shape index (κ1) is 25.6. The van der Waals surface area contributed by atoms with Crippen LogP contribution in [0.3, 0.4) is 0 Å². The zero-order valence-electron chi connectivity index (χ0n) is 17.7. The van der Waals surface area contributed by atoms with Crippen LogP contribution in [0.1, 0.15) is 110 Å². The Morgan fingerprint density at radius 3 is 1.77 bits per heavy atom. The van der Waals surface area contributed by atoms with Crippen LogP contribution in [-0.2, 0) is 0 Å². The Hall–Kier alpha value is -0.380.